The Balaban J connectivity index is 1.94. The molecule has 0 bridgehead atoms. The Hall–Kier alpha value is -1.10. The Morgan fingerprint density at radius 1 is 1.42 bits per heavy atom. The van der Waals surface area contributed by atoms with E-state index in [4.69, 9.17) is 16.3 Å². The van der Waals surface area contributed by atoms with Crippen LogP contribution in [-0.4, -0.2) is 11.0 Å². The molecule has 0 spiro atoms. The number of hydrogen-bond donors (Lipinski definition) is 1. The van der Waals surface area contributed by atoms with Crippen LogP contribution < -0.4 is 10.1 Å². The number of hydrogen-bond acceptors (Lipinski definition) is 4. The highest BCUT2D eigenvalue weighted by molar-refractivity contribution is 7.09. The van der Waals surface area contributed by atoms with Gasteiger partial charge in [-0.3, -0.25) is 0 Å². The Labute approximate surface area is 122 Å². The van der Waals surface area contributed by atoms with Gasteiger partial charge in [0.2, 0.25) is 0 Å². The number of aromatic nitrogens is 1. The third kappa shape index (κ3) is 4.49. The zero-order valence-electron chi connectivity index (χ0n) is 11.0. The lowest BCUT2D eigenvalue weighted by atomic mass is 10.2. The minimum absolute atomic E-state index is 0.458. The molecule has 0 aliphatic rings. The van der Waals surface area contributed by atoms with Crippen molar-refractivity contribution in [3.63, 3.8) is 0 Å². The summed E-state index contributed by atoms with van der Waals surface area (Å²) in [5.41, 5.74) is 1.15. The summed E-state index contributed by atoms with van der Waals surface area (Å²) in [5, 5.41) is 6.87. The molecule has 0 atom stereocenters. The van der Waals surface area contributed by atoms with Crippen molar-refractivity contribution in [2.24, 2.45) is 0 Å². The van der Waals surface area contributed by atoms with Gasteiger partial charge in [-0.05, 0) is 17.7 Å². The van der Waals surface area contributed by atoms with Crippen LogP contribution in [0.25, 0.3) is 0 Å². The smallest absolute Gasteiger partial charge is 0.140 e. The molecule has 2 aromatic rings. The van der Waals surface area contributed by atoms with Gasteiger partial charge in [0.05, 0.1) is 5.02 Å². The molecule has 0 fully saturated rings. The van der Waals surface area contributed by atoms with Gasteiger partial charge in [0.15, 0.2) is 0 Å². The van der Waals surface area contributed by atoms with Crippen LogP contribution in [0, 0.1) is 0 Å². The van der Waals surface area contributed by atoms with E-state index in [1.54, 1.807) is 17.5 Å². The molecule has 1 aromatic carbocycles. The third-order valence-electron chi connectivity index (χ3n) is 2.55. The fourth-order valence-corrected chi connectivity index (χ4v) is 2.34. The first-order valence-corrected chi connectivity index (χ1v) is 7.44. The van der Waals surface area contributed by atoms with Crippen molar-refractivity contribution in [2.45, 2.75) is 33.0 Å². The predicted octanol–water partition coefficient (Wildman–Crippen LogP) is 3.87. The molecule has 5 heteroatoms. The first-order chi connectivity index (χ1) is 9.15. The third-order valence-corrected chi connectivity index (χ3v) is 3.59. The van der Waals surface area contributed by atoms with Gasteiger partial charge >= 0.3 is 0 Å². The van der Waals surface area contributed by atoms with Crippen molar-refractivity contribution in [1.82, 2.24) is 10.3 Å². The second-order valence-electron chi connectivity index (χ2n) is 4.51. The Kier molecular flexibility index (Phi) is 5.19. The first kappa shape index (κ1) is 14.3. The summed E-state index contributed by atoms with van der Waals surface area (Å²) < 4.78 is 5.66. The number of benzene rings is 1. The minimum atomic E-state index is 0.458. The van der Waals surface area contributed by atoms with E-state index < -0.39 is 0 Å². The average Bonchev–Trinajstić information content (AvgIpc) is 2.88. The molecule has 3 nitrogen and oxygen atoms in total. The number of ether oxygens (including phenoxy) is 1. The van der Waals surface area contributed by atoms with Crippen LogP contribution in [0.5, 0.6) is 5.75 Å². The molecule has 0 saturated heterocycles. The molecular formula is C14H17ClN2OS. The lowest BCUT2D eigenvalue weighted by Gasteiger charge is -2.11. The zero-order valence-corrected chi connectivity index (χ0v) is 12.6. The summed E-state index contributed by atoms with van der Waals surface area (Å²) in [7, 11) is 0. The fourth-order valence-electron chi connectivity index (χ4n) is 1.56. The summed E-state index contributed by atoms with van der Waals surface area (Å²) in [5.74, 6) is 0.699. The van der Waals surface area contributed by atoms with E-state index >= 15 is 0 Å². The van der Waals surface area contributed by atoms with E-state index in [0.717, 1.165) is 17.1 Å². The summed E-state index contributed by atoms with van der Waals surface area (Å²) in [6, 6.07) is 6.33. The lowest BCUT2D eigenvalue weighted by molar-refractivity contribution is 0.305. The quantitative estimate of drug-likeness (QED) is 0.878. The average molecular weight is 297 g/mol. The molecule has 1 aromatic heterocycles. The normalized spacial score (nSPS) is 10.9. The Morgan fingerprint density at radius 2 is 2.26 bits per heavy atom. The van der Waals surface area contributed by atoms with Crippen LogP contribution in [0.15, 0.2) is 29.8 Å². The van der Waals surface area contributed by atoms with Gasteiger partial charge < -0.3 is 10.1 Å². The van der Waals surface area contributed by atoms with Crippen molar-refractivity contribution in [1.29, 1.82) is 0 Å². The van der Waals surface area contributed by atoms with Crippen LogP contribution >= 0.6 is 22.9 Å². The largest absolute Gasteiger partial charge is 0.485 e. The first-order valence-electron chi connectivity index (χ1n) is 6.18. The van der Waals surface area contributed by atoms with Gasteiger partial charge in [-0.15, -0.1) is 11.3 Å². The SMILES string of the molecule is CC(C)NCc1ccc(OCc2nccs2)c(Cl)c1. The van der Waals surface area contributed by atoms with Gasteiger partial charge in [-0.25, -0.2) is 4.98 Å². The molecule has 2 rings (SSSR count). The molecule has 0 aliphatic heterocycles. The number of nitrogens with zero attached hydrogens (tertiary/aromatic N) is 1. The molecule has 0 unspecified atom stereocenters. The molecule has 102 valence electrons. The van der Waals surface area contributed by atoms with Gasteiger partial charge in [0.1, 0.15) is 17.4 Å². The van der Waals surface area contributed by atoms with Crippen LogP contribution in [0.2, 0.25) is 5.02 Å². The topological polar surface area (TPSA) is 34.1 Å². The van der Waals surface area contributed by atoms with Crippen molar-refractivity contribution in [3.05, 3.63) is 45.4 Å². The molecule has 1 heterocycles. The van der Waals surface area contributed by atoms with E-state index in [2.05, 4.69) is 24.1 Å². The Morgan fingerprint density at radius 3 is 2.89 bits per heavy atom. The lowest BCUT2D eigenvalue weighted by Crippen LogP contribution is -2.21. The molecule has 19 heavy (non-hydrogen) atoms. The second-order valence-corrected chi connectivity index (χ2v) is 5.90. The van der Waals surface area contributed by atoms with Crippen LogP contribution in [0.1, 0.15) is 24.4 Å². The van der Waals surface area contributed by atoms with E-state index in [0.29, 0.717) is 23.4 Å². The number of rotatable bonds is 6. The van der Waals surface area contributed by atoms with Gasteiger partial charge in [0.25, 0.3) is 0 Å². The highest BCUT2D eigenvalue weighted by Gasteiger charge is 2.05. The highest BCUT2D eigenvalue weighted by atomic mass is 35.5. The maximum atomic E-state index is 6.22. The van der Waals surface area contributed by atoms with Gasteiger partial charge in [-0.2, -0.15) is 0 Å². The molecule has 0 saturated carbocycles. The molecule has 0 radical (unpaired) electrons. The molecule has 1 N–H and O–H groups in total. The second kappa shape index (κ2) is 6.89. The van der Waals surface area contributed by atoms with Crippen molar-refractivity contribution >= 4 is 22.9 Å². The molecular weight excluding hydrogens is 280 g/mol. The van der Waals surface area contributed by atoms with E-state index in [1.807, 2.05) is 23.6 Å². The minimum Gasteiger partial charge on any atom is -0.485 e. The fraction of sp³-hybridized carbons (Fsp3) is 0.357. The monoisotopic (exact) mass is 296 g/mol. The van der Waals surface area contributed by atoms with Crippen molar-refractivity contribution < 1.29 is 4.74 Å². The van der Waals surface area contributed by atoms with E-state index in [-0.39, 0.29) is 0 Å². The molecule has 0 aliphatic carbocycles. The number of halogens is 1. The zero-order chi connectivity index (χ0) is 13.7. The van der Waals surface area contributed by atoms with E-state index in [1.165, 1.54) is 0 Å². The predicted molar refractivity (Wildman–Crippen MR) is 79.9 cm³/mol. The van der Waals surface area contributed by atoms with Gasteiger partial charge in [-0.1, -0.05) is 31.5 Å². The van der Waals surface area contributed by atoms with Crippen LogP contribution in [-0.2, 0) is 13.2 Å². The summed E-state index contributed by atoms with van der Waals surface area (Å²) in [4.78, 5) is 4.17. The van der Waals surface area contributed by atoms with Crippen LogP contribution in [0.3, 0.4) is 0 Å². The maximum absolute atomic E-state index is 6.22. The summed E-state index contributed by atoms with van der Waals surface area (Å²) in [6.07, 6.45) is 1.77. The standard InChI is InChI=1S/C14H17ClN2OS/c1-10(2)17-8-11-3-4-13(12(15)7-11)18-9-14-16-5-6-19-14/h3-7,10,17H,8-9H2,1-2H3. The summed E-state index contributed by atoms with van der Waals surface area (Å²) in [6.45, 7) is 5.51. The van der Waals surface area contributed by atoms with Crippen molar-refractivity contribution in [3.8, 4) is 5.75 Å². The van der Waals surface area contributed by atoms with E-state index in [9.17, 15) is 0 Å². The summed E-state index contributed by atoms with van der Waals surface area (Å²) >= 11 is 7.79. The number of thiazole rings is 1. The van der Waals surface area contributed by atoms with Crippen LogP contribution in [0.4, 0.5) is 0 Å². The van der Waals surface area contributed by atoms with Gasteiger partial charge in [0, 0.05) is 24.2 Å². The van der Waals surface area contributed by atoms with Crippen molar-refractivity contribution in [2.75, 3.05) is 0 Å². The maximum Gasteiger partial charge on any atom is 0.140 e. The Bertz CT molecular complexity index is 514. The molecule has 0 amide bonds. The number of nitrogens with one attached hydrogen (secondary N) is 1. The highest BCUT2D eigenvalue weighted by Crippen LogP contribution is 2.26.